The molecule has 1 atom stereocenters. The molecule has 7 heteroatoms. The lowest BCUT2D eigenvalue weighted by Gasteiger charge is -2.29. The predicted octanol–water partition coefficient (Wildman–Crippen LogP) is 4.74. The maximum Gasteiger partial charge on any atom is 0.290 e. The Bertz CT molecular complexity index is 1050. The van der Waals surface area contributed by atoms with Gasteiger partial charge in [0.15, 0.2) is 23.0 Å². The maximum absolute atomic E-state index is 13.4. The van der Waals surface area contributed by atoms with Crippen molar-refractivity contribution >= 4 is 11.7 Å². The zero-order valence-corrected chi connectivity index (χ0v) is 18.9. The third-order valence-corrected chi connectivity index (χ3v) is 5.30. The van der Waals surface area contributed by atoms with Crippen molar-refractivity contribution in [1.29, 1.82) is 0 Å². The number of aliphatic hydroxyl groups excluding tert-OH is 1. The lowest BCUT2D eigenvalue weighted by atomic mass is 9.82. The zero-order chi connectivity index (χ0) is 23.6. The summed E-state index contributed by atoms with van der Waals surface area (Å²) >= 11 is 0. The largest absolute Gasteiger partial charge is 0.503 e. The number of hydrogen-bond acceptors (Lipinski definition) is 5. The van der Waals surface area contributed by atoms with Crippen molar-refractivity contribution < 1.29 is 28.6 Å². The van der Waals surface area contributed by atoms with Crippen molar-refractivity contribution in [1.82, 2.24) is 4.90 Å². The summed E-state index contributed by atoms with van der Waals surface area (Å²) in [5.41, 5.74) is 0.488. The Morgan fingerprint density at radius 3 is 2.34 bits per heavy atom. The van der Waals surface area contributed by atoms with Crippen LogP contribution in [0.25, 0.3) is 0 Å². The molecule has 2 aromatic carbocycles. The number of methoxy groups -OCH3 is 1. The number of amides is 1. The first kappa shape index (κ1) is 23.3. The molecule has 1 N–H and O–H groups in total. The van der Waals surface area contributed by atoms with Crippen LogP contribution >= 0.6 is 0 Å². The summed E-state index contributed by atoms with van der Waals surface area (Å²) in [6.07, 6.45) is 0. The van der Waals surface area contributed by atoms with Gasteiger partial charge in [0.2, 0.25) is 0 Å². The van der Waals surface area contributed by atoms with E-state index in [1.165, 1.54) is 24.1 Å². The summed E-state index contributed by atoms with van der Waals surface area (Å²) in [6.45, 7) is 7.53. The first-order valence-corrected chi connectivity index (χ1v) is 10.4. The summed E-state index contributed by atoms with van der Waals surface area (Å²) in [5.74, 6) is -0.952. The predicted molar refractivity (Wildman–Crippen MR) is 118 cm³/mol. The van der Waals surface area contributed by atoms with Crippen molar-refractivity contribution in [2.24, 2.45) is 5.41 Å². The van der Waals surface area contributed by atoms with E-state index in [1.54, 1.807) is 51.1 Å². The number of halogens is 1. The van der Waals surface area contributed by atoms with Crippen LogP contribution in [0.5, 0.6) is 11.5 Å². The molecule has 0 radical (unpaired) electrons. The Morgan fingerprint density at radius 2 is 1.78 bits per heavy atom. The second-order valence-electron chi connectivity index (χ2n) is 8.65. The average Bonchev–Trinajstić information content (AvgIpc) is 2.99. The first-order valence-electron chi connectivity index (χ1n) is 10.4. The van der Waals surface area contributed by atoms with E-state index in [2.05, 4.69) is 0 Å². The van der Waals surface area contributed by atoms with Crippen molar-refractivity contribution in [3.8, 4) is 11.5 Å². The molecule has 0 aromatic heterocycles. The van der Waals surface area contributed by atoms with Crippen LogP contribution in [0.1, 0.15) is 44.9 Å². The molecule has 1 heterocycles. The van der Waals surface area contributed by atoms with Crippen molar-refractivity contribution in [2.45, 2.75) is 40.3 Å². The Morgan fingerprint density at radius 1 is 1.12 bits per heavy atom. The number of aliphatic hydroxyl groups is 1. The van der Waals surface area contributed by atoms with Crippen LogP contribution < -0.4 is 9.47 Å². The third-order valence-electron chi connectivity index (χ3n) is 5.30. The lowest BCUT2D eigenvalue weighted by Crippen LogP contribution is -2.32. The number of nitrogens with zero attached hydrogens (tertiary/aromatic N) is 1. The fourth-order valence-electron chi connectivity index (χ4n) is 3.72. The SMILES string of the molecule is CCOc1cc(C2C(C(=O)C(C)(C)C)=C(O)C(=O)N2Cc2ccc(F)cc2)ccc1OC. The molecule has 0 bridgehead atoms. The van der Waals surface area contributed by atoms with Crippen molar-refractivity contribution in [2.75, 3.05) is 13.7 Å². The molecule has 0 saturated carbocycles. The number of carbonyl (C=O) groups excluding carboxylic acids is 2. The molecule has 0 aliphatic carbocycles. The van der Waals surface area contributed by atoms with E-state index in [9.17, 15) is 19.1 Å². The van der Waals surface area contributed by atoms with Crippen LogP contribution in [0, 0.1) is 11.2 Å². The van der Waals surface area contributed by atoms with Crippen LogP contribution in [0.2, 0.25) is 0 Å². The average molecular weight is 441 g/mol. The lowest BCUT2D eigenvalue weighted by molar-refractivity contribution is -0.130. The molecule has 1 amide bonds. The van der Waals surface area contributed by atoms with Gasteiger partial charge in [-0.15, -0.1) is 0 Å². The fraction of sp³-hybridized carbons (Fsp3) is 0.360. The van der Waals surface area contributed by atoms with Crippen molar-refractivity contribution in [3.05, 3.63) is 70.7 Å². The minimum Gasteiger partial charge on any atom is -0.503 e. The number of benzene rings is 2. The van der Waals surface area contributed by atoms with Gasteiger partial charge >= 0.3 is 0 Å². The molecule has 2 aromatic rings. The summed E-state index contributed by atoms with van der Waals surface area (Å²) in [4.78, 5) is 27.8. The minimum absolute atomic E-state index is 0.0391. The van der Waals surface area contributed by atoms with Gasteiger partial charge < -0.3 is 19.5 Å². The van der Waals surface area contributed by atoms with E-state index in [0.29, 0.717) is 29.2 Å². The number of ether oxygens (including phenoxy) is 2. The van der Waals surface area contributed by atoms with E-state index in [4.69, 9.17) is 9.47 Å². The van der Waals surface area contributed by atoms with Gasteiger partial charge in [0.1, 0.15) is 5.82 Å². The Hall–Kier alpha value is -3.35. The zero-order valence-electron chi connectivity index (χ0n) is 18.9. The molecule has 6 nitrogen and oxygen atoms in total. The minimum atomic E-state index is -0.829. The van der Waals surface area contributed by atoms with Gasteiger partial charge in [-0.1, -0.05) is 39.0 Å². The molecule has 3 rings (SSSR count). The Kier molecular flexibility index (Phi) is 6.57. The van der Waals surface area contributed by atoms with Gasteiger partial charge in [-0.25, -0.2) is 4.39 Å². The monoisotopic (exact) mass is 441 g/mol. The molecule has 0 saturated heterocycles. The number of rotatable bonds is 7. The summed E-state index contributed by atoms with van der Waals surface area (Å²) < 4.78 is 24.4. The van der Waals surface area contributed by atoms with Gasteiger partial charge in [0.05, 0.1) is 25.3 Å². The number of Topliss-reactive ketones (excluding diaryl/α,β-unsaturated/α-hetero) is 1. The Labute approximate surface area is 187 Å². The van der Waals surface area contributed by atoms with Crippen LogP contribution in [-0.4, -0.2) is 35.4 Å². The summed E-state index contributed by atoms with van der Waals surface area (Å²) in [5, 5.41) is 10.7. The van der Waals surface area contributed by atoms with Crippen molar-refractivity contribution in [3.63, 3.8) is 0 Å². The van der Waals surface area contributed by atoms with Crippen LogP contribution in [0.15, 0.2) is 53.8 Å². The van der Waals surface area contributed by atoms with Crippen LogP contribution in [0.4, 0.5) is 4.39 Å². The van der Waals surface area contributed by atoms with Crippen LogP contribution in [-0.2, 0) is 16.1 Å². The smallest absolute Gasteiger partial charge is 0.290 e. The van der Waals surface area contributed by atoms with Gasteiger partial charge in [-0.05, 0) is 42.3 Å². The quantitative estimate of drug-likeness (QED) is 0.671. The normalized spacial score (nSPS) is 16.5. The van der Waals surface area contributed by atoms with Gasteiger partial charge in [0, 0.05) is 12.0 Å². The molecule has 0 spiro atoms. The molecule has 1 aliphatic rings. The number of hydrogen-bond donors (Lipinski definition) is 1. The van der Waals surface area contributed by atoms with E-state index >= 15 is 0 Å². The van der Waals surface area contributed by atoms with E-state index in [-0.39, 0.29) is 23.7 Å². The molecule has 0 fully saturated rings. The topological polar surface area (TPSA) is 76.1 Å². The third kappa shape index (κ3) is 4.47. The van der Waals surface area contributed by atoms with Gasteiger partial charge in [-0.2, -0.15) is 0 Å². The number of carbonyl (C=O) groups is 2. The highest BCUT2D eigenvalue weighted by Gasteiger charge is 2.46. The van der Waals surface area contributed by atoms with Crippen LogP contribution in [0.3, 0.4) is 0 Å². The van der Waals surface area contributed by atoms with Gasteiger partial charge in [0.25, 0.3) is 5.91 Å². The highest BCUT2D eigenvalue weighted by atomic mass is 19.1. The second kappa shape index (κ2) is 9.02. The first-order chi connectivity index (χ1) is 15.1. The highest BCUT2D eigenvalue weighted by Crippen LogP contribution is 2.43. The molecule has 1 aliphatic heterocycles. The molecular weight excluding hydrogens is 413 g/mol. The maximum atomic E-state index is 13.4. The highest BCUT2D eigenvalue weighted by molar-refractivity contribution is 6.10. The molecular formula is C25H28FNO5. The molecule has 32 heavy (non-hydrogen) atoms. The Balaban J connectivity index is 2.13. The summed E-state index contributed by atoms with van der Waals surface area (Å²) in [7, 11) is 1.53. The number of ketones is 1. The van der Waals surface area contributed by atoms with Gasteiger partial charge in [-0.3, -0.25) is 9.59 Å². The van der Waals surface area contributed by atoms with E-state index in [0.717, 1.165) is 0 Å². The molecule has 170 valence electrons. The standard InChI is InChI=1S/C25H28FNO5/c1-6-32-19-13-16(9-12-18(19)31-5)21-20(23(29)25(2,3)4)22(28)24(30)27(21)14-15-7-10-17(26)11-8-15/h7-13,21,28H,6,14H2,1-5H3. The molecule has 1 unspecified atom stereocenters. The summed E-state index contributed by atoms with van der Waals surface area (Å²) in [6, 6.07) is 10.1. The fourth-order valence-corrected chi connectivity index (χ4v) is 3.72. The van der Waals surface area contributed by atoms with E-state index < -0.39 is 23.1 Å². The second-order valence-corrected chi connectivity index (χ2v) is 8.65. The van der Waals surface area contributed by atoms with E-state index in [1.807, 2.05) is 6.92 Å².